The molecule has 108 valence electrons. The molecule has 0 saturated carbocycles. The van der Waals surface area contributed by atoms with Crippen LogP contribution in [0.25, 0.3) is 0 Å². The third kappa shape index (κ3) is 16.3. The number of nitrogens with zero attached hydrogens (tertiary/aromatic N) is 2. The van der Waals surface area contributed by atoms with Crippen LogP contribution >= 0.6 is 41.0 Å². The van der Waals surface area contributed by atoms with Gasteiger partial charge in [-0.05, 0) is 33.8 Å². The average Bonchev–Trinajstić information content (AvgIpc) is 2.18. The molecule has 0 amide bonds. The second-order valence-corrected chi connectivity index (χ2v) is 4.25. The Balaban J connectivity index is -0.000000250. The third-order valence-electron chi connectivity index (χ3n) is 1.89. The molecule has 0 unspecified atom stereocenters. The van der Waals surface area contributed by atoms with Gasteiger partial charge >= 0.3 is 0 Å². The lowest BCUT2D eigenvalue weighted by Crippen LogP contribution is -2.15. The Labute approximate surface area is 139 Å². The summed E-state index contributed by atoms with van der Waals surface area (Å²) in [4.78, 5) is 4.09. The predicted octanol–water partition coefficient (Wildman–Crippen LogP) is 2.48. The standard InChI is InChI=1S/C9H13N.C4H11NO.BrH.HI/c1-10(2)8-9-6-4-3-5-7-9;1-5(2)3-4-6;;/h3-7H,8H2,1-2H3;6H,3-4H2,1-2H3;2*1H. The molecule has 0 atom stereocenters. The van der Waals surface area contributed by atoms with E-state index in [9.17, 15) is 0 Å². The lowest BCUT2D eigenvalue weighted by Gasteiger charge is -2.08. The largest absolute Gasteiger partial charge is 0.395 e. The highest BCUT2D eigenvalue weighted by Gasteiger charge is 1.90. The van der Waals surface area contributed by atoms with Gasteiger partial charge in [0, 0.05) is 13.1 Å². The maximum atomic E-state index is 8.20. The van der Waals surface area contributed by atoms with Gasteiger partial charge in [-0.3, -0.25) is 0 Å². The van der Waals surface area contributed by atoms with Gasteiger partial charge in [0.2, 0.25) is 0 Å². The highest BCUT2D eigenvalue weighted by Crippen LogP contribution is 1.99. The molecule has 0 bridgehead atoms. The van der Waals surface area contributed by atoms with Crippen molar-refractivity contribution in [1.29, 1.82) is 0 Å². The Morgan fingerprint density at radius 2 is 1.44 bits per heavy atom. The molecule has 0 aliphatic rings. The van der Waals surface area contributed by atoms with Crippen molar-refractivity contribution in [3.8, 4) is 0 Å². The van der Waals surface area contributed by atoms with E-state index in [0.29, 0.717) is 0 Å². The van der Waals surface area contributed by atoms with Crippen LogP contribution < -0.4 is 0 Å². The number of aliphatic hydroxyl groups is 1. The van der Waals surface area contributed by atoms with Gasteiger partial charge in [-0.2, -0.15) is 0 Å². The van der Waals surface area contributed by atoms with Gasteiger partial charge in [-0.1, -0.05) is 30.3 Å². The van der Waals surface area contributed by atoms with E-state index < -0.39 is 0 Å². The SMILES string of the molecule is Br.CN(C)CCO.CN(C)Cc1ccccc1.I. The Kier molecular flexibility index (Phi) is 20.0. The van der Waals surface area contributed by atoms with Crippen LogP contribution in [-0.4, -0.2) is 56.2 Å². The summed E-state index contributed by atoms with van der Waals surface area (Å²) >= 11 is 0. The summed E-state index contributed by atoms with van der Waals surface area (Å²) in [5.41, 5.74) is 1.37. The van der Waals surface area contributed by atoms with Gasteiger partial charge in [0.1, 0.15) is 0 Å². The van der Waals surface area contributed by atoms with Gasteiger partial charge in [0.25, 0.3) is 0 Å². The van der Waals surface area contributed by atoms with E-state index in [2.05, 4.69) is 43.3 Å². The van der Waals surface area contributed by atoms with Crippen molar-refractivity contribution >= 4 is 41.0 Å². The van der Waals surface area contributed by atoms with Crippen LogP contribution in [0.3, 0.4) is 0 Å². The second-order valence-electron chi connectivity index (χ2n) is 4.25. The molecule has 1 aromatic rings. The van der Waals surface area contributed by atoms with Gasteiger partial charge in [-0.15, -0.1) is 41.0 Å². The van der Waals surface area contributed by atoms with E-state index in [1.165, 1.54) is 5.56 Å². The normalized spacial score (nSPS) is 9.06. The maximum Gasteiger partial charge on any atom is 0.0558 e. The van der Waals surface area contributed by atoms with Crippen molar-refractivity contribution in [2.75, 3.05) is 41.3 Å². The Morgan fingerprint density at radius 3 is 1.72 bits per heavy atom. The quantitative estimate of drug-likeness (QED) is 0.740. The minimum Gasteiger partial charge on any atom is -0.395 e. The zero-order valence-electron chi connectivity index (χ0n) is 11.7. The van der Waals surface area contributed by atoms with Crippen LogP contribution in [0.2, 0.25) is 0 Å². The first kappa shape index (κ1) is 23.4. The van der Waals surface area contributed by atoms with E-state index in [1.807, 2.05) is 25.1 Å². The molecule has 0 fully saturated rings. The fourth-order valence-electron chi connectivity index (χ4n) is 1.15. The summed E-state index contributed by atoms with van der Waals surface area (Å²) in [6, 6.07) is 10.5. The van der Waals surface area contributed by atoms with E-state index in [0.717, 1.165) is 13.1 Å². The first-order valence-corrected chi connectivity index (χ1v) is 5.50. The smallest absolute Gasteiger partial charge is 0.0558 e. The molecule has 0 aromatic heterocycles. The molecule has 1 rings (SSSR count). The van der Waals surface area contributed by atoms with Crippen molar-refractivity contribution in [2.45, 2.75) is 6.54 Å². The fourth-order valence-corrected chi connectivity index (χ4v) is 1.15. The van der Waals surface area contributed by atoms with E-state index >= 15 is 0 Å². The monoisotopic (exact) mass is 432 g/mol. The van der Waals surface area contributed by atoms with Crippen molar-refractivity contribution in [3.05, 3.63) is 35.9 Å². The van der Waals surface area contributed by atoms with Crippen LogP contribution in [0.15, 0.2) is 30.3 Å². The number of likely N-dealkylation sites (N-methyl/N-ethyl adjacent to an activating group) is 1. The molecular weight excluding hydrogens is 407 g/mol. The Bertz CT molecular complexity index is 258. The number of aliphatic hydroxyl groups excluding tert-OH is 1. The molecule has 3 nitrogen and oxygen atoms in total. The van der Waals surface area contributed by atoms with Crippen molar-refractivity contribution in [3.63, 3.8) is 0 Å². The molecule has 0 saturated heterocycles. The zero-order chi connectivity index (χ0) is 12.4. The molecule has 0 heterocycles. The minimum atomic E-state index is 0. The number of benzene rings is 1. The van der Waals surface area contributed by atoms with Gasteiger partial charge < -0.3 is 14.9 Å². The highest BCUT2D eigenvalue weighted by molar-refractivity contribution is 14.0. The number of hydrogen-bond donors (Lipinski definition) is 1. The lowest BCUT2D eigenvalue weighted by atomic mass is 10.2. The highest BCUT2D eigenvalue weighted by atomic mass is 127. The first-order chi connectivity index (χ1) is 7.56. The topological polar surface area (TPSA) is 26.7 Å². The second kappa shape index (κ2) is 15.4. The van der Waals surface area contributed by atoms with E-state index in [-0.39, 0.29) is 47.6 Å². The zero-order valence-corrected chi connectivity index (χ0v) is 15.7. The summed E-state index contributed by atoms with van der Waals surface area (Å²) in [6.07, 6.45) is 0. The van der Waals surface area contributed by atoms with Crippen molar-refractivity contribution in [1.82, 2.24) is 9.80 Å². The fraction of sp³-hybridized carbons (Fsp3) is 0.538. The van der Waals surface area contributed by atoms with E-state index in [4.69, 9.17) is 5.11 Å². The Morgan fingerprint density at radius 1 is 0.944 bits per heavy atom. The summed E-state index contributed by atoms with van der Waals surface area (Å²) in [6.45, 7) is 2.05. The summed E-state index contributed by atoms with van der Waals surface area (Å²) in [7, 11) is 8.01. The summed E-state index contributed by atoms with van der Waals surface area (Å²) < 4.78 is 0. The van der Waals surface area contributed by atoms with Crippen molar-refractivity contribution in [2.24, 2.45) is 0 Å². The predicted molar refractivity (Wildman–Crippen MR) is 95.2 cm³/mol. The summed E-state index contributed by atoms with van der Waals surface area (Å²) in [5.74, 6) is 0. The molecule has 0 aliphatic heterocycles. The number of rotatable bonds is 4. The van der Waals surface area contributed by atoms with Crippen LogP contribution in [0.5, 0.6) is 0 Å². The molecular formula is C13H26BrIN2O. The summed E-state index contributed by atoms with van der Waals surface area (Å²) in [5, 5.41) is 8.20. The van der Waals surface area contributed by atoms with Gasteiger partial charge in [0.05, 0.1) is 6.61 Å². The van der Waals surface area contributed by atoms with Crippen LogP contribution in [0.4, 0.5) is 0 Å². The maximum absolute atomic E-state index is 8.20. The lowest BCUT2D eigenvalue weighted by molar-refractivity contribution is 0.243. The number of hydrogen-bond acceptors (Lipinski definition) is 3. The van der Waals surface area contributed by atoms with Crippen LogP contribution in [-0.2, 0) is 6.54 Å². The number of halogens is 2. The van der Waals surface area contributed by atoms with Crippen LogP contribution in [0.1, 0.15) is 5.56 Å². The molecule has 0 spiro atoms. The molecule has 0 aliphatic carbocycles. The molecule has 0 radical (unpaired) electrons. The first-order valence-electron chi connectivity index (χ1n) is 5.50. The van der Waals surface area contributed by atoms with Crippen molar-refractivity contribution < 1.29 is 5.11 Å². The van der Waals surface area contributed by atoms with E-state index in [1.54, 1.807) is 0 Å². The minimum absolute atomic E-state index is 0. The van der Waals surface area contributed by atoms with Gasteiger partial charge in [-0.25, -0.2) is 0 Å². The molecule has 18 heavy (non-hydrogen) atoms. The van der Waals surface area contributed by atoms with Crippen LogP contribution in [0, 0.1) is 0 Å². The molecule has 1 aromatic carbocycles. The Hall–Kier alpha value is 0.310. The van der Waals surface area contributed by atoms with Gasteiger partial charge in [0.15, 0.2) is 0 Å². The average molecular weight is 433 g/mol. The third-order valence-corrected chi connectivity index (χ3v) is 1.89. The molecule has 1 N–H and O–H groups in total. The molecule has 5 heteroatoms.